The van der Waals surface area contributed by atoms with Gasteiger partial charge in [-0.15, -0.1) is 0 Å². The first-order valence-corrected chi connectivity index (χ1v) is 11.0. The van der Waals surface area contributed by atoms with Gasteiger partial charge in [0.25, 0.3) is 6.47 Å². The molecule has 0 spiro atoms. The molecule has 0 radical (unpaired) electrons. The minimum atomic E-state index is -0.318. The van der Waals surface area contributed by atoms with Crippen LogP contribution in [0.5, 0.6) is 0 Å². The summed E-state index contributed by atoms with van der Waals surface area (Å²) in [6.45, 7) is 10.1. The molecule has 168 valence electrons. The summed E-state index contributed by atoms with van der Waals surface area (Å²) < 4.78 is 6.48. The molecule has 32 heavy (non-hydrogen) atoms. The van der Waals surface area contributed by atoms with Gasteiger partial charge in [-0.1, -0.05) is 6.92 Å². The number of hydrogen-bond acceptors (Lipinski definition) is 7. The maximum Gasteiger partial charge on any atom is 0.293 e. The van der Waals surface area contributed by atoms with Crippen molar-refractivity contribution in [3.05, 3.63) is 41.9 Å². The van der Waals surface area contributed by atoms with E-state index in [2.05, 4.69) is 43.8 Å². The number of pyridine rings is 1. The molecule has 4 heterocycles. The molecule has 8 heteroatoms. The minimum Gasteiger partial charge on any atom is -0.462 e. The van der Waals surface area contributed by atoms with E-state index in [1.165, 1.54) is 24.8 Å². The van der Waals surface area contributed by atoms with Gasteiger partial charge in [-0.05, 0) is 70.2 Å². The number of aromatic nitrogens is 4. The normalized spacial score (nSPS) is 13.8. The lowest BCUT2D eigenvalue weighted by Gasteiger charge is -2.28. The quantitative estimate of drug-likeness (QED) is 0.568. The Morgan fingerprint density at radius 2 is 1.94 bits per heavy atom. The van der Waals surface area contributed by atoms with Crippen molar-refractivity contribution < 1.29 is 9.53 Å². The zero-order chi connectivity index (χ0) is 23.1. The largest absolute Gasteiger partial charge is 0.462 e. The van der Waals surface area contributed by atoms with Gasteiger partial charge < -0.3 is 9.64 Å². The van der Waals surface area contributed by atoms with Crippen LogP contribution >= 0.6 is 0 Å². The number of aryl methyl sites for hydroxylation is 1. The third-order valence-corrected chi connectivity index (χ3v) is 5.20. The fourth-order valence-electron chi connectivity index (χ4n) is 3.68. The maximum atomic E-state index is 9.60. The molecule has 0 N–H and O–H groups in total. The van der Waals surface area contributed by atoms with E-state index in [9.17, 15) is 10.1 Å². The van der Waals surface area contributed by atoms with E-state index < -0.39 is 0 Å². The molecule has 3 aromatic heterocycles. The van der Waals surface area contributed by atoms with Crippen LogP contribution in [0, 0.1) is 11.3 Å². The van der Waals surface area contributed by atoms with Gasteiger partial charge >= 0.3 is 0 Å². The highest BCUT2D eigenvalue weighted by Crippen LogP contribution is 2.31. The van der Waals surface area contributed by atoms with Crippen LogP contribution in [0.1, 0.15) is 58.1 Å². The number of piperidine rings is 1. The molecule has 1 aliphatic heterocycles. The molecule has 0 saturated carbocycles. The fourth-order valence-corrected chi connectivity index (χ4v) is 3.68. The van der Waals surface area contributed by atoms with Crippen molar-refractivity contribution in [3.63, 3.8) is 0 Å². The molecule has 0 atom stereocenters. The van der Waals surface area contributed by atoms with Crippen LogP contribution in [-0.2, 0) is 16.0 Å². The Hall–Kier alpha value is -3.47. The van der Waals surface area contributed by atoms with Gasteiger partial charge in [0.2, 0.25) is 0 Å². The molecule has 8 nitrogen and oxygen atoms in total. The van der Waals surface area contributed by atoms with Gasteiger partial charge in [0.05, 0.1) is 23.0 Å². The van der Waals surface area contributed by atoms with E-state index in [0.717, 1.165) is 42.2 Å². The van der Waals surface area contributed by atoms with Gasteiger partial charge in [0.1, 0.15) is 17.4 Å². The predicted octanol–water partition coefficient (Wildman–Crippen LogP) is 4.17. The van der Waals surface area contributed by atoms with E-state index in [-0.39, 0.29) is 5.60 Å². The van der Waals surface area contributed by atoms with Crippen molar-refractivity contribution in [2.24, 2.45) is 0 Å². The van der Waals surface area contributed by atoms with Crippen molar-refractivity contribution >= 4 is 17.8 Å². The van der Waals surface area contributed by atoms with Crippen molar-refractivity contribution in [2.45, 2.75) is 59.0 Å². The van der Waals surface area contributed by atoms with Crippen molar-refractivity contribution in [3.8, 4) is 17.5 Å². The monoisotopic (exact) mass is 434 g/mol. The lowest BCUT2D eigenvalue weighted by molar-refractivity contribution is -0.138. The van der Waals surface area contributed by atoms with Gasteiger partial charge in [0.15, 0.2) is 5.82 Å². The molecule has 1 fully saturated rings. The summed E-state index contributed by atoms with van der Waals surface area (Å²) in [5, 5.41) is 13.7. The Balaban J connectivity index is 0.000000360. The first kappa shape index (κ1) is 23.2. The lowest BCUT2D eigenvalue weighted by atomic mass is 10.1. The standard InChI is InChI=1S/C19H20N6.C5H10O2/c1-2-15-11-17(16-10-14(12-20)6-7-21-16)25-18(15)19(22-13-23-25)24-8-4-3-5-9-24;1-5(2,3)7-4-6/h6-7,10-11,13H,2-5,8-9H2,1H3;4H,1-3H3. The number of hydrogen-bond donors (Lipinski definition) is 0. The summed E-state index contributed by atoms with van der Waals surface area (Å²) in [5.41, 5.74) is 4.22. The van der Waals surface area contributed by atoms with Crippen molar-refractivity contribution in [1.82, 2.24) is 19.6 Å². The number of ether oxygens (including phenoxy) is 1. The number of carbonyl (C=O) groups is 1. The van der Waals surface area contributed by atoms with Gasteiger partial charge in [-0.3, -0.25) is 9.78 Å². The summed E-state index contributed by atoms with van der Waals surface area (Å²) in [6, 6.07) is 7.83. The smallest absolute Gasteiger partial charge is 0.293 e. The highest BCUT2D eigenvalue weighted by molar-refractivity contribution is 5.79. The van der Waals surface area contributed by atoms with Crippen LogP contribution in [0.15, 0.2) is 30.7 Å². The number of anilines is 1. The molecular weight excluding hydrogens is 404 g/mol. The minimum absolute atomic E-state index is 0.318. The average molecular weight is 435 g/mol. The molecule has 1 aliphatic rings. The molecule has 1 saturated heterocycles. The Labute approximate surface area is 188 Å². The van der Waals surface area contributed by atoms with Gasteiger partial charge in [-0.2, -0.15) is 10.4 Å². The third kappa shape index (κ3) is 5.41. The molecular formula is C24H30N6O2. The first-order chi connectivity index (χ1) is 15.4. The van der Waals surface area contributed by atoms with Crippen LogP contribution in [0.2, 0.25) is 0 Å². The topological polar surface area (TPSA) is 96.4 Å². The number of carbonyl (C=O) groups excluding carboxylic acids is 1. The SMILES string of the molecule is CC(C)(C)OC=O.CCc1cc(-c2cc(C#N)ccn2)n2ncnc(N3CCCCC3)c12. The lowest BCUT2D eigenvalue weighted by Crippen LogP contribution is -2.30. The number of nitriles is 1. The molecule has 0 unspecified atom stereocenters. The predicted molar refractivity (Wildman–Crippen MR) is 123 cm³/mol. The van der Waals surface area contributed by atoms with Gasteiger partial charge in [0, 0.05) is 19.3 Å². The highest BCUT2D eigenvalue weighted by Gasteiger charge is 2.21. The van der Waals surface area contributed by atoms with Gasteiger partial charge in [-0.25, -0.2) is 9.50 Å². The number of nitrogens with zero attached hydrogens (tertiary/aromatic N) is 6. The molecule has 0 aromatic carbocycles. The van der Waals surface area contributed by atoms with Crippen LogP contribution in [0.3, 0.4) is 0 Å². The summed E-state index contributed by atoms with van der Waals surface area (Å²) in [5.74, 6) is 1.01. The first-order valence-electron chi connectivity index (χ1n) is 11.0. The molecule has 4 rings (SSSR count). The van der Waals surface area contributed by atoms with Crippen molar-refractivity contribution in [1.29, 1.82) is 5.26 Å². The second-order valence-electron chi connectivity index (χ2n) is 8.67. The summed E-state index contributed by atoms with van der Waals surface area (Å²) in [4.78, 5) is 21.0. The summed E-state index contributed by atoms with van der Waals surface area (Å²) in [6.07, 6.45) is 7.89. The van der Waals surface area contributed by atoms with Crippen LogP contribution in [-0.4, -0.2) is 44.7 Å². The highest BCUT2D eigenvalue weighted by atomic mass is 16.5. The zero-order valence-electron chi connectivity index (χ0n) is 19.2. The van der Waals surface area contributed by atoms with Crippen LogP contribution < -0.4 is 4.90 Å². The average Bonchev–Trinajstić information content (AvgIpc) is 3.18. The van der Waals surface area contributed by atoms with Crippen molar-refractivity contribution in [2.75, 3.05) is 18.0 Å². The third-order valence-electron chi connectivity index (χ3n) is 5.20. The molecule has 0 aliphatic carbocycles. The number of fused-ring (bicyclic) bond motifs is 1. The Kier molecular flexibility index (Phi) is 7.41. The van der Waals surface area contributed by atoms with E-state index in [0.29, 0.717) is 12.0 Å². The van der Waals surface area contributed by atoms with E-state index in [1.54, 1.807) is 18.6 Å². The second-order valence-corrected chi connectivity index (χ2v) is 8.67. The Bertz CT molecular complexity index is 1100. The number of rotatable bonds is 4. The fraction of sp³-hybridized carbons (Fsp3) is 0.458. The second kappa shape index (κ2) is 10.2. The zero-order valence-corrected chi connectivity index (χ0v) is 19.2. The molecule has 3 aromatic rings. The Morgan fingerprint density at radius 3 is 2.53 bits per heavy atom. The summed E-state index contributed by atoms with van der Waals surface area (Å²) >= 11 is 0. The van der Waals surface area contributed by atoms with Crippen LogP contribution in [0.25, 0.3) is 16.9 Å². The van der Waals surface area contributed by atoms with E-state index >= 15 is 0 Å². The maximum absolute atomic E-state index is 9.60. The molecule has 0 bridgehead atoms. The van der Waals surface area contributed by atoms with E-state index in [1.807, 2.05) is 31.4 Å². The Morgan fingerprint density at radius 1 is 1.19 bits per heavy atom. The molecule has 0 amide bonds. The van der Waals surface area contributed by atoms with Crippen LogP contribution in [0.4, 0.5) is 5.82 Å². The summed E-state index contributed by atoms with van der Waals surface area (Å²) in [7, 11) is 0. The van der Waals surface area contributed by atoms with E-state index in [4.69, 9.17) is 0 Å².